The minimum atomic E-state index is -4.54. The Morgan fingerprint density at radius 3 is 2.30 bits per heavy atom. The first-order chi connectivity index (χ1) is 10.8. The summed E-state index contributed by atoms with van der Waals surface area (Å²) in [5, 5.41) is 2.31. The molecule has 2 aromatic carbocycles. The molecule has 0 bridgehead atoms. The van der Waals surface area contributed by atoms with Gasteiger partial charge in [-0.05, 0) is 38.1 Å². The molecule has 0 atom stereocenters. The SMILES string of the molecule is CC(C)Oc1ccccc1C(=O)Nc1ccccc1C(F)(F)F. The van der Waals surface area contributed by atoms with E-state index in [4.69, 9.17) is 4.74 Å². The van der Waals surface area contributed by atoms with Crippen LogP contribution in [0.5, 0.6) is 5.75 Å². The Labute approximate surface area is 132 Å². The average molecular weight is 323 g/mol. The number of anilines is 1. The van der Waals surface area contributed by atoms with Crippen molar-refractivity contribution in [2.24, 2.45) is 0 Å². The number of nitrogens with one attached hydrogen (secondary N) is 1. The highest BCUT2D eigenvalue weighted by Gasteiger charge is 2.33. The quantitative estimate of drug-likeness (QED) is 0.882. The Kier molecular flexibility index (Phi) is 4.93. The number of amides is 1. The standard InChI is InChI=1S/C17H16F3NO2/c1-11(2)23-15-10-6-3-7-12(15)16(22)21-14-9-5-4-8-13(14)17(18,19)20/h3-11H,1-2H3,(H,21,22). The first-order valence-corrected chi connectivity index (χ1v) is 7.02. The van der Waals surface area contributed by atoms with Gasteiger partial charge in [0, 0.05) is 0 Å². The van der Waals surface area contributed by atoms with Gasteiger partial charge in [0.15, 0.2) is 0 Å². The van der Waals surface area contributed by atoms with Gasteiger partial charge in [-0.1, -0.05) is 24.3 Å². The molecule has 0 saturated carbocycles. The lowest BCUT2D eigenvalue weighted by atomic mass is 10.1. The van der Waals surface area contributed by atoms with E-state index in [2.05, 4.69) is 5.32 Å². The number of carbonyl (C=O) groups excluding carboxylic acids is 1. The van der Waals surface area contributed by atoms with E-state index in [0.29, 0.717) is 5.75 Å². The van der Waals surface area contributed by atoms with Gasteiger partial charge in [-0.2, -0.15) is 13.2 Å². The zero-order chi connectivity index (χ0) is 17.0. The Balaban J connectivity index is 2.31. The smallest absolute Gasteiger partial charge is 0.418 e. The molecule has 2 aromatic rings. The van der Waals surface area contributed by atoms with Crippen LogP contribution in [0.4, 0.5) is 18.9 Å². The lowest BCUT2D eigenvalue weighted by Gasteiger charge is -2.16. The van der Waals surface area contributed by atoms with Crippen molar-refractivity contribution in [1.82, 2.24) is 0 Å². The lowest BCUT2D eigenvalue weighted by Crippen LogP contribution is -2.18. The molecule has 0 saturated heterocycles. The summed E-state index contributed by atoms with van der Waals surface area (Å²) in [6.45, 7) is 3.60. The second kappa shape index (κ2) is 6.73. The lowest BCUT2D eigenvalue weighted by molar-refractivity contribution is -0.136. The zero-order valence-corrected chi connectivity index (χ0v) is 12.6. The first-order valence-electron chi connectivity index (χ1n) is 7.02. The molecule has 0 aromatic heterocycles. The van der Waals surface area contributed by atoms with E-state index in [0.717, 1.165) is 6.07 Å². The van der Waals surface area contributed by atoms with Gasteiger partial charge in [0.05, 0.1) is 22.9 Å². The predicted octanol–water partition coefficient (Wildman–Crippen LogP) is 4.74. The van der Waals surface area contributed by atoms with Gasteiger partial charge < -0.3 is 10.1 Å². The molecule has 0 spiro atoms. The highest BCUT2D eigenvalue weighted by molar-refractivity contribution is 6.06. The van der Waals surface area contributed by atoms with Crippen molar-refractivity contribution < 1.29 is 22.7 Å². The summed E-state index contributed by atoms with van der Waals surface area (Å²) in [6, 6.07) is 11.3. The van der Waals surface area contributed by atoms with E-state index >= 15 is 0 Å². The maximum Gasteiger partial charge on any atom is 0.418 e. The van der Waals surface area contributed by atoms with Gasteiger partial charge in [0.2, 0.25) is 0 Å². The van der Waals surface area contributed by atoms with E-state index in [1.54, 1.807) is 32.0 Å². The van der Waals surface area contributed by atoms with Crippen LogP contribution >= 0.6 is 0 Å². The van der Waals surface area contributed by atoms with Gasteiger partial charge in [-0.25, -0.2) is 0 Å². The summed E-state index contributed by atoms with van der Waals surface area (Å²) >= 11 is 0. The third-order valence-corrected chi connectivity index (χ3v) is 2.98. The average Bonchev–Trinajstić information content (AvgIpc) is 2.46. The largest absolute Gasteiger partial charge is 0.490 e. The third kappa shape index (κ3) is 4.25. The molecule has 23 heavy (non-hydrogen) atoms. The van der Waals surface area contributed by atoms with Crippen molar-refractivity contribution in [3.8, 4) is 5.75 Å². The zero-order valence-electron chi connectivity index (χ0n) is 12.6. The molecule has 6 heteroatoms. The maximum atomic E-state index is 13.0. The van der Waals surface area contributed by atoms with Crippen LogP contribution in [-0.2, 0) is 6.18 Å². The third-order valence-electron chi connectivity index (χ3n) is 2.98. The fourth-order valence-electron chi connectivity index (χ4n) is 2.04. The number of alkyl halides is 3. The van der Waals surface area contributed by atoms with E-state index in [1.165, 1.54) is 24.3 Å². The van der Waals surface area contributed by atoms with Crippen molar-refractivity contribution in [3.63, 3.8) is 0 Å². The van der Waals surface area contributed by atoms with E-state index in [-0.39, 0.29) is 17.4 Å². The fraction of sp³-hybridized carbons (Fsp3) is 0.235. The van der Waals surface area contributed by atoms with E-state index < -0.39 is 17.6 Å². The molecule has 1 amide bonds. The molecule has 2 rings (SSSR count). The summed E-state index contributed by atoms with van der Waals surface area (Å²) in [5.41, 5.74) is -1.00. The maximum absolute atomic E-state index is 13.0. The Morgan fingerprint density at radius 2 is 1.65 bits per heavy atom. The minimum absolute atomic E-state index is 0.161. The van der Waals surface area contributed by atoms with E-state index in [1.807, 2.05) is 0 Å². The van der Waals surface area contributed by atoms with Crippen molar-refractivity contribution in [1.29, 1.82) is 0 Å². The Bertz CT molecular complexity index is 696. The van der Waals surface area contributed by atoms with Crippen molar-refractivity contribution in [3.05, 3.63) is 59.7 Å². The summed E-state index contributed by atoms with van der Waals surface area (Å²) in [7, 11) is 0. The minimum Gasteiger partial charge on any atom is -0.490 e. The first kappa shape index (κ1) is 16.9. The number of ether oxygens (including phenoxy) is 1. The summed E-state index contributed by atoms with van der Waals surface area (Å²) in [4.78, 5) is 12.3. The molecule has 122 valence electrons. The number of benzene rings is 2. The Morgan fingerprint density at radius 1 is 1.04 bits per heavy atom. The Hall–Kier alpha value is -2.50. The van der Waals surface area contributed by atoms with Crippen LogP contribution < -0.4 is 10.1 Å². The molecular weight excluding hydrogens is 307 g/mol. The van der Waals surface area contributed by atoms with Gasteiger partial charge >= 0.3 is 6.18 Å². The van der Waals surface area contributed by atoms with Crippen molar-refractivity contribution in [2.45, 2.75) is 26.1 Å². The summed E-state index contributed by atoms with van der Waals surface area (Å²) in [5.74, 6) is -0.331. The van der Waals surface area contributed by atoms with Gasteiger partial charge in [-0.15, -0.1) is 0 Å². The van der Waals surface area contributed by atoms with Crippen molar-refractivity contribution >= 4 is 11.6 Å². The van der Waals surface area contributed by atoms with Crippen LogP contribution in [0.25, 0.3) is 0 Å². The monoisotopic (exact) mass is 323 g/mol. The van der Waals surface area contributed by atoms with Crippen LogP contribution in [0.3, 0.4) is 0 Å². The molecular formula is C17H16F3NO2. The highest BCUT2D eigenvalue weighted by atomic mass is 19.4. The highest BCUT2D eigenvalue weighted by Crippen LogP contribution is 2.35. The second-order valence-corrected chi connectivity index (χ2v) is 5.16. The number of halogens is 3. The molecule has 0 radical (unpaired) electrons. The number of rotatable bonds is 4. The van der Waals surface area contributed by atoms with Crippen LogP contribution in [0, 0.1) is 0 Å². The topological polar surface area (TPSA) is 38.3 Å². The van der Waals surface area contributed by atoms with Crippen LogP contribution in [0.15, 0.2) is 48.5 Å². The normalized spacial score (nSPS) is 11.4. The molecule has 0 aliphatic rings. The number of para-hydroxylation sites is 2. The number of hydrogen-bond acceptors (Lipinski definition) is 2. The van der Waals surface area contributed by atoms with Crippen LogP contribution in [0.1, 0.15) is 29.8 Å². The molecule has 3 nitrogen and oxygen atoms in total. The van der Waals surface area contributed by atoms with Gasteiger partial charge in [0.25, 0.3) is 5.91 Å². The number of carbonyl (C=O) groups is 1. The molecule has 0 aliphatic heterocycles. The van der Waals surface area contributed by atoms with Crippen LogP contribution in [-0.4, -0.2) is 12.0 Å². The fourth-order valence-corrected chi connectivity index (χ4v) is 2.04. The van der Waals surface area contributed by atoms with Gasteiger partial charge in [0.1, 0.15) is 5.75 Å². The van der Waals surface area contributed by atoms with Crippen LogP contribution in [0.2, 0.25) is 0 Å². The molecule has 0 aliphatic carbocycles. The molecule has 0 heterocycles. The second-order valence-electron chi connectivity index (χ2n) is 5.16. The summed E-state index contributed by atoms with van der Waals surface area (Å²) < 4.78 is 44.4. The number of hydrogen-bond donors (Lipinski definition) is 1. The summed E-state index contributed by atoms with van der Waals surface area (Å²) in [6.07, 6.45) is -4.70. The molecule has 0 unspecified atom stereocenters. The van der Waals surface area contributed by atoms with Crippen molar-refractivity contribution in [2.75, 3.05) is 5.32 Å². The predicted molar refractivity (Wildman–Crippen MR) is 81.6 cm³/mol. The molecule has 1 N–H and O–H groups in total. The molecule has 0 fully saturated rings. The van der Waals surface area contributed by atoms with E-state index in [9.17, 15) is 18.0 Å². The van der Waals surface area contributed by atoms with Gasteiger partial charge in [-0.3, -0.25) is 4.79 Å².